The highest BCUT2D eigenvalue weighted by Gasteiger charge is 2.43. The molecule has 0 aliphatic carbocycles. The van der Waals surface area contributed by atoms with E-state index in [-0.39, 0.29) is 17.9 Å². The largest absolute Gasteiger partial charge is 0.349 e. The average Bonchev–Trinajstić information content (AvgIpc) is 3.16. The predicted octanol–water partition coefficient (Wildman–Crippen LogP) is 1.48. The number of hydrogen-bond donors (Lipinski definition) is 3. The van der Waals surface area contributed by atoms with E-state index in [2.05, 4.69) is 15.6 Å². The topological polar surface area (TPSA) is 75.5 Å². The molecule has 2 aromatic rings. The van der Waals surface area contributed by atoms with E-state index in [0.29, 0.717) is 29.3 Å². The number of benzene rings is 1. The van der Waals surface area contributed by atoms with Crippen molar-refractivity contribution in [3.8, 4) is 0 Å². The molecule has 2 amide bonds. The van der Waals surface area contributed by atoms with Gasteiger partial charge in [-0.15, -0.1) is 11.3 Å². The van der Waals surface area contributed by atoms with Gasteiger partial charge in [0.1, 0.15) is 0 Å². The van der Waals surface area contributed by atoms with E-state index < -0.39 is 0 Å². The van der Waals surface area contributed by atoms with E-state index in [1.165, 1.54) is 22.7 Å². The molecule has 1 aromatic carbocycles. The predicted molar refractivity (Wildman–Crippen MR) is 105 cm³/mol. The number of piperidine rings is 2. The Hall–Kier alpha value is -2.25. The van der Waals surface area contributed by atoms with Crippen LogP contribution in [0, 0.1) is 0 Å². The van der Waals surface area contributed by atoms with Crippen LogP contribution in [0.3, 0.4) is 0 Å². The van der Waals surface area contributed by atoms with E-state index in [4.69, 9.17) is 0 Å². The second-order valence-corrected chi connectivity index (χ2v) is 8.36. The SMILES string of the molecule is O=C(C[NH+]1[C@@H]2CCC[C@H]1CC(NC(=O)c1ccccc1)C2)Nc1nccs1. The summed E-state index contributed by atoms with van der Waals surface area (Å²) < 4.78 is 0. The lowest BCUT2D eigenvalue weighted by molar-refractivity contribution is -0.953. The minimum absolute atomic E-state index is 0.00337. The summed E-state index contributed by atoms with van der Waals surface area (Å²) in [4.78, 5) is 30.4. The first-order valence-electron chi connectivity index (χ1n) is 9.60. The molecule has 142 valence electrons. The van der Waals surface area contributed by atoms with Crippen LogP contribution in [0.15, 0.2) is 41.9 Å². The van der Waals surface area contributed by atoms with Crippen molar-refractivity contribution in [2.45, 2.75) is 50.2 Å². The zero-order chi connectivity index (χ0) is 18.6. The van der Waals surface area contributed by atoms with Crippen molar-refractivity contribution in [1.82, 2.24) is 10.3 Å². The van der Waals surface area contributed by atoms with Gasteiger partial charge in [0.15, 0.2) is 11.7 Å². The summed E-state index contributed by atoms with van der Waals surface area (Å²) in [6, 6.07) is 10.4. The van der Waals surface area contributed by atoms with Gasteiger partial charge in [0.2, 0.25) is 0 Å². The second-order valence-electron chi connectivity index (χ2n) is 7.47. The molecule has 3 heterocycles. The highest BCUT2D eigenvalue weighted by molar-refractivity contribution is 7.13. The van der Waals surface area contributed by atoms with Gasteiger partial charge in [-0.1, -0.05) is 18.2 Å². The summed E-state index contributed by atoms with van der Waals surface area (Å²) >= 11 is 1.44. The van der Waals surface area contributed by atoms with Crippen LogP contribution in [0.5, 0.6) is 0 Å². The smallest absolute Gasteiger partial charge is 0.281 e. The Balaban J connectivity index is 1.36. The Morgan fingerprint density at radius 2 is 1.89 bits per heavy atom. The van der Waals surface area contributed by atoms with Gasteiger partial charge in [0.25, 0.3) is 11.8 Å². The number of hydrogen-bond acceptors (Lipinski definition) is 4. The number of anilines is 1. The Bertz CT molecular complexity index is 767. The number of carbonyl (C=O) groups excluding carboxylic acids is 2. The number of fused-ring (bicyclic) bond motifs is 2. The van der Waals surface area contributed by atoms with Crippen LogP contribution in [-0.2, 0) is 4.79 Å². The number of nitrogens with one attached hydrogen (secondary N) is 3. The first kappa shape index (κ1) is 18.1. The summed E-state index contributed by atoms with van der Waals surface area (Å²) in [6.45, 7) is 0.480. The quantitative estimate of drug-likeness (QED) is 0.730. The van der Waals surface area contributed by atoms with Crippen LogP contribution < -0.4 is 15.5 Å². The second kappa shape index (κ2) is 8.19. The highest BCUT2D eigenvalue weighted by atomic mass is 32.1. The standard InChI is InChI=1S/C20H24N4O2S/c25-18(23-20-21-9-10-27-20)13-24-16-7-4-8-17(24)12-15(11-16)22-19(26)14-5-2-1-3-6-14/h1-3,5-6,9-10,15-17H,4,7-8,11-13H2,(H,22,26)(H,21,23,25)/p+1/t15?,16-,17+. The molecule has 2 fully saturated rings. The maximum absolute atomic E-state index is 12.5. The van der Waals surface area contributed by atoms with E-state index >= 15 is 0 Å². The summed E-state index contributed by atoms with van der Waals surface area (Å²) in [5.41, 5.74) is 0.709. The number of quaternary nitrogens is 1. The third-order valence-electron chi connectivity index (χ3n) is 5.71. The fraction of sp³-hybridized carbons (Fsp3) is 0.450. The maximum Gasteiger partial charge on any atom is 0.281 e. The van der Waals surface area contributed by atoms with E-state index in [1.54, 1.807) is 6.20 Å². The molecule has 27 heavy (non-hydrogen) atoms. The molecule has 4 rings (SSSR count). The number of amides is 2. The monoisotopic (exact) mass is 385 g/mol. The minimum Gasteiger partial charge on any atom is -0.349 e. The minimum atomic E-state index is 0.00337. The van der Waals surface area contributed by atoms with Crippen molar-refractivity contribution in [3.63, 3.8) is 0 Å². The number of nitrogens with zero attached hydrogens (tertiary/aromatic N) is 1. The first-order chi connectivity index (χ1) is 13.2. The third-order valence-corrected chi connectivity index (χ3v) is 6.40. The van der Waals surface area contributed by atoms with Crippen LogP contribution in [0.25, 0.3) is 0 Å². The van der Waals surface area contributed by atoms with Crippen LogP contribution >= 0.6 is 11.3 Å². The molecule has 1 aromatic heterocycles. The lowest BCUT2D eigenvalue weighted by Gasteiger charge is -2.45. The van der Waals surface area contributed by atoms with Gasteiger partial charge in [0, 0.05) is 36.0 Å². The number of thiazole rings is 1. The molecule has 2 saturated heterocycles. The van der Waals surface area contributed by atoms with Gasteiger partial charge < -0.3 is 10.2 Å². The molecular formula is C20H25N4O2S+. The van der Waals surface area contributed by atoms with Crippen molar-refractivity contribution in [3.05, 3.63) is 47.5 Å². The molecule has 2 bridgehead atoms. The van der Waals surface area contributed by atoms with Gasteiger partial charge >= 0.3 is 0 Å². The summed E-state index contributed by atoms with van der Waals surface area (Å²) in [6.07, 6.45) is 7.03. The molecule has 0 saturated carbocycles. The van der Waals surface area contributed by atoms with Crippen LogP contribution in [-0.4, -0.2) is 41.5 Å². The van der Waals surface area contributed by atoms with Crippen molar-refractivity contribution in [2.24, 2.45) is 0 Å². The molecule has 3 N–H and O–H groups in total. The molecule has 7 heteroatoms. The Morgan fingerprint density at radius 1 is 1.15 bits per heavy atom. The third kappa shape index (κ3) is 4.36. The summed E-state index contributed by atoms with van der Waals surface area (Å²) in [5, 5.41) is 8.64. The fourth-order valence-electron chi connectivity index (χ4n) is 4.54. The Kier molecular flexibility index (Phi) is 5.50. The van der Waals surface area contributed by atoms with E-state index in [1.807, 2.05) is 35.7 Å². The summed E-state index contributed by atoms with van der Waals surface area (Å²) in [7, 11) is 0. The van der Waals surface area contributed by atoms with Crippen molar-refractivity contribution in [1.29, 1.82) is 0 Å². The van der Waals surface area contributed by atoms with E-state index in [0.717, 1.165) is 25.7 Å². The molecule has 2 unspecified atom stereocenters. The number of rotatable bonds is 5. The molecular weight excluding hydrogens is 360 g/mol. The van der Waals surface area contributed by atoms with Crippen molar-refractivity contribution < 1.29 is 14.5 Å². The number of aromatic nitrogens is 1. The Morgan fingerprint density at radius 3 is 2.56 bits per heavy atom. The van der Waals surface area contributed by atoms with Crippen molar-refractivity contribution >= 4 is 28.3 Å². The van der Waals surface area contributed by atoms with Crippen LogP contribution in [0.2, 0.25) is 0 Å². The number of carbonyl (C=O) groups is 2. The molecule has 4 atom stereocenters. The van der Waals surface area contributed by atoms with Crippen molar-refractivity contribution in [2.75, 3.05) is 11.9 Å². The van der Waals surface area contributed by atoms with Gasteiger partial charge in [-0.2, -0.15) is 0 Å². The first-order valence-corrected chi connectivity index (χ1v) is 10.5. The van der Waals surface area contributed by atoms with Gasteiger partial charge in [-0.3, -0.25) is 14.9 Å². The zero-order valence-corrected chi connectivity index (χ0v) is 16.0. The molecule has 0 spiro atoms. The molecule has 6 nitrogen and oxygen atoms in total. The van der Waals surface area contributed by atoms with Crippen LogP contribution in [0.1, 0.15) is 42.5 Å². The molecule has 2 aliphatic rings. The lowest BCUT2D eigenvalue weighted by Crippen LogP contribution is -3.22. The summed E-state index contributed by atoms with van der Waals surface area (Å²) in [5.74, 6) is 0.0345. The van der Waals surface area contributed by atoms with Gasteiger partial charge in [-0.25, -0.2) is 4.98 Å². The zero-order valence-electron chi connectivity index (χ0n) is 15.2. The molecule has 0 radical (unpaired) electrons. The highest BCUT2D eigenvalue weighted by Crippen LogP contribution is 2.22. The Labute approximate surface area is 163 Å². The average molecular weight is 386 g/mol. The van der Waals surface area contributed by atoms with Gasteiger partial charge in [-0.05, 0) is 31.4 Å². The lowest BCUT2D eigenvalue weighted by atomic mass is 9.81. The molecule has 2 aliphatic heterocycles. The fourth-order valence-corrected chi connectivity index (χ4v) is 5.08. The maximum atomic E-state index is 12.5. The van der Waals surface area contributed by atoms with Crippen LogP contribution in [0.4, 0.5) is 5.13 Å². The van der Waals surface area contributed by atoms with E-state index in [9.17, 15) is 9.59 Å². The normalized spacial score (nSPS) is 27.0. The van der Waals surface area contributed by atoms with Gasteiger partial charge in [0.05, 0.1) is 12.1 Å².